The highest BCUT2D eigenvalue weighted by Crippen LogP contribution is 2.14. The fraction of sp³-hybridized carbons (Fsp3) is 0.385. The van der Waals surface area contributed by atoms with E-state index in [9.17, 15) is 9.59 Å². The number of benzene rings is 1. The van der Waals surface area contributed by atoms with Crippen molar-refractivity contribution in [3.63, 3.8) is 0 Å². The first-order valence-electron chi connectivity index (χ1n) is 6.00. The Morgan fingerprint density at radius 2 is 2.00 bits per heavy atom. The first-order chi connectivity index (χ1) is 9.06. The predicted molar refractivity (Wildman–Crippen MR) is 68.4 cm³/mol. The van der Waals surface area contributed by atoms with Crippen molar-refractivity contribution in [2.75, 3.05) is 18.9 Å². The number of anilines is 1. The lowest BCUT2D eigenvalue weighted by molar-refractivity contribution is -0.142. The molecule has 2 atom stereocenters. The topological polar surface area (TPSA) is 102 Å². The Kier molecular flexibility index (Phi) is 4.01. The zero-order valence-corrected chi connectivity index (χ0v) is 10.3. The summed E-state index contributed by atoms with van der Waals surface area (Å²) < 4.78 is 5.09. The Morgan fingerprint density at radius 3 is 2.63 bits per heavy atom. The van der Waals surface area contributed by atoms with Gasteiger partial charge in [-0.15, -0.1) is 0 Å². The molecule has 6 nitrogen and oxygen atoms in total. The molecule has 102 valence electrons. The zero-order valence-electron chi connectivity index (χ0n) is 10.3. The molecule has 0 bridgehead atoms. The summed E-state index contributed by atoms with van der Waals surface area (Å²) in [5.41, 5.74) is 7.03. The summed E-state index contributed by atoms with van der Waals surface area (Å²) in [6.07, 6.45) is 0.198. The quantitative estimate of drug-likeness (QED) is 0.666. The summed E-state index contributed by atoms with van der Waals surface area (Å²) in [6, 6.07) is 6.53. The molecule has 1 heterocycles. The van der Waals surface area contributed by atoms with Crippen LogP contribution in [0.4, 0.5) is 5.69 Å². The third kappa shape index (κ3) is 3.45. The Hall–Kier alpha value is -2.08. The number of ether oxygens (including phenoxy) is 1. The third-order valence-corrected chi connectivity index (χ3v) is 3.09. The van der Waals surface area contributed by atoms with Gasteiger partial charge < -0.3 is 20.9 Å². The van der Waals surface area contributed by atoms with Crippen molar-refractivity contribution in [2.24, 2.45) is 5.92 Å². The van der Waals surface area contributed by atoms with Gasteiger partial charge in [-0.2, -0.15) is 0 Å². The molecule has 1 saturated heterocycles. The van der Waals surface area contributed by atoms with E-state index in [-0.39, 0.29) is 25.5 Å². The fourth-order valence-electron chi connectivity index (χ4n) is 2.02. The number of nitrogen functional groups attached to an aromatic ring is 1. The van der Waals surface area contributed by atoms with Crippen LogP contribution in [0, 0.1) is 5.92 Å². The largest absolute Gasteiger partial charge is 0.481 e. The number of amides is 1. The maximum Gasteiger partial charge on any atom is 0.311 e. The number of rotatable bonds is 4. The molecule has 0 radical (unpaired) electrons. The number of carboxylic acids is 1. The highest BCUT2D eigenvalue weighted by atomic mass is 16.5. The molecule has 0 aromatic heterocycles. The molecule has 1 aliphatic rings. The second-order valence-electron chi connectivity index (χ2n) is 4.57. The summed E-state index contributed by atoms with van der Waals surface area (Å²) >= 11 is 0. The van der Waals surface area contributed by atoms with Crippen LogP contribution >= 0.6 is 0 Å². The number of nitrogens with one attached hydrogen (secondary N) is 1. The fourth-order valence-corrected chi connectivity index (χ4v) is 2.02. The van der Waals surface area contributed by atoms with Crippen LogP contribution in [0.25, 0.3) is 0 Å². The molecule has 0 saturated carbocycles. The smallest absolute Gasteiger partial charge is 0.311 e. The molecule has 0 aliphatic carbocycles. The van der Waals surface area contributed by atoms with E-state index in [2.05, 4.69) is 5.32 Å². The maximum atomic E-state index is 11.8. The van der Waals surface area contributed by atoms with Crippen molar-refractivity contribution in [2.45, 2.75) is 12.5 Å². The molecule has 1 fully saturated rings. The van der Waals surface area contributed by atoms with E-state index < -0.39 is 17.9 Å². The minimum atomic E-state index is -0.949. The Balaban J connectivity index is 1.90. The molecule has 2 rings (SSSR count). The lowest BCUT2D eigenvalue weighted by atomic mass is 10.0. The molecule has 1 amide bonds. The van der Waals surface area contributed by atoms with Crippen LogP contribution in [0.1, 0.15) is 5.56 Å². The van der Waals surface area contributed by atoms with Gasteiger partial charge in [0, 0.05) is 5.69 Å². The van der Waals surface area contributed by atoms with Crippen molar-refractivity contribution in [3.8, 4) is 0 Å². The molecule has 1 aromatic carbocycles. The predicted octanol–water partition coefficient (Wildman–Crippen LogP) is 0.0271. The van der Waals surface area contributed by atoms with Crippen LogP contribution in [-0.2, 0) is 20.7 Å². The number of hydrogen-bond acceptors (Lipinski definition) is 4. The molecule has 0 spiro atoms. The molecule has 1 aliphatic heterocycles. The van der Waals surface area contributed by atoms with E-state index in [0.29, 0.717) is 5.69 Å². The van der Waals surface area contributed by atoms with Crippen molar-refractivity contribution in [1.29, 1.82) is 0 Å². The normalized spacial score (nSPS) is 22.1. The lowest BCUT2D eigenvalue weighted by Crippen LogP contribution is -2.43. The van der Waals surface area contributed by atoms with Gasteiger partial charge in [0.2, 0.25) is 5.91 Å². The van der Waals surface area contributed by atoms with E-state index in [1.54, 1.807) is 24.3 Å². The van der Waals surface area contributed by atoms with Gasteiger partial charge in [0.1, 0.15) is 5.92 Å². The average molecular weight is 264 g/mol. The van der Waals surface area contributed by atoms with Gasteiger partial charge in [-0.25, -0.2) is 0 Å². The van der Waals surface area contributed by atoms with Gasteiger partial charge in [-0.3, -0.25) is 9.59 Å². The van der Waals surface area contributed by atoms with E-state index >= 15 is 0 Å². The highest BCUT2D eigenvalue weighted by molar-refractivity contribution is 5.80. The highest BCUT2D eigenvalue weighted by Gasteiger charge is 2.34. The number of carboxylic acid groups (broad SMARTS) is 1. The standard InChI is InChI=1S/C13H16N2O4/c14-9-3-1-8(2-4-9)5-12(16)15-11-7-19-6-10(11)13(17)18/h1-4,10-11H,5-7,14H2,(H,15,16)(H,17,18). The molecule has 6 heteroatoms. The Labute approximate surface area is 110 Å². The molecule has 2 unspecified atom stereocenters. The van der Waals surface area contributed by atoms with Crippen LogP contribution in [0.3, 0.4) is 0 Å². The maximum absolute atomic E-state index is 11.8. The number of nitrogens with two attached hydrogens (primary N) is 1. The summed E-state index contributed by atoms with van der Waals surface area (Å²) in [6.45, 7) is 0.382. The zero-order chi connectivity index (χ0) is 13.8. The number of aliphatic carboxylic acids is 1. The van der Waals surface area contributed by atoms with Gasteiger partial charge in [0.25, 0.3) is 0 Å². The molecule has 4 N–H and O–H groups in total. The van der Waals surface area contributed by atoms with Crippen LogP contribution in [0.2, 0.25) is 0 Å². The van der Waals surface area contributed by atoms with E-state index in [4.69, 9.17) is 15.6 Å². The molecular weight excluding hydrogens is 248 g/mol. The van der Waals surface area contributed by atoms with Gasteiger partial charge in [0.15, 0.2) is 0 Å². The van der Waals surface area contributed by atoms with Gasteiger partial charge >= 0.3 is 5.97 Å². The average Bonchev–Trinajstić information content (AvgIpc) is 2.80. The SMILES string of the molecule is Nc1ccc(CC(=O)NC2COCC2C(=O)O)cc1. The molecule has 1 aromatic rings. The number of carbonyl (C=O) groups is 2. The first kappa shape index (κ1) is 13.4. The molecule has 19 heavy (non-hydrogen) atoms. The first-order valence-corrected chi connectivity index (χ1v) is 6.00. The van der Waals surface area contributed by atoms with Crippen LogP contribution < -0.4 is 11.1 Å². The Bertz CT molecular complexity index is 472. The second kappa shape index (κ2) is 5.71. The van der Waals surface area contributed by atoms with Crippen LogP contribution in [-0.4, -0.2) is 36.2 Å². The molecular formula is C13H16N2O4. The minimum Gasteiger partial charge on any atom is -0.481 e. The van der Waals surface area contributed by atoms with Gasteiger partial charge in [-0.1, -0.05) is 12.1 Å². The summed E-state index contributed by atoms with van der Waals surface area (Å²) in [5.74, 6) is -1.84. The number of carbonyl (C=O) groups excluding carboxylic acids is 1. The van der Waals surface area contributed by atoms with E-state index in [1.165, 1.54) is 0 Å². The van der Waals surface area contributed by atoms with Crippen molar-refractivity contribution in [3.05, 3.63) is 29.8 Å². The number of hydrogen-bond donors (Lipinski definition) is 3. The van der Waals surface area contributed by atoms with Gasteiger partial charge in [-0.05, 0) is 17.7 Å². The van der Waals surface area contributed by atoms with Crippen molar-refractivity contribution in [1.82, 2.24) is 5.32 Å². The third-order valence-electron chi connectivity index (χ3n) is 3.09. The van der Waals surface area contributed by atoms with Crippen molar-refractivity contribution >= 4 is 17.6 Å². The van der Waals surface area contributed by atoms with E-state index in [0.717, 1.165) is 5.56 Å². The van der Waals surface area contributed by atoms with E-state index in [1.807, 2.05) is 0 Å². The van der Waals surface area contributed by atoms with Crippen molar-refractivity contribution < 1.29 is 19.4 Å². The Morgan fingerprint density at radius 1 is 1.32 bits per heavy atom. The second-order valence-corrected chi connectivity index (χ2v) is 4.57. The lowest BCUT2D eigenvalue weighted by Gasteiger charge is -2.15. The monoisotopic (exact) mass is 264 g/mol. The van der Waals surface area contributed by atoms with Gasteiger partial charge in [0.05, 0.1) is 25.7 Å². The summed E-state index contributed by atoms with van der Waals surface area (Å²) in [7, 11) is 0. The summed E-state index contributed by atoms with van der Waals surface area (Å²) in [5, 5.41) is 11.7. The van der Waals surface area contributed by atoms with Crippen LogP contribution in [0.15, 0.2) is 24.3 Å². The summed E-state index contributed by atoms with van der Waals surface area (Å²) in [4.78, 5) is 22.8. The van der Waals surface area contributed by atoms with Crippen LogP contribution in [0.5, 0.6) is 0 Å². The minimum absolute atomic E-state index is 0.141.